The van der Waals surface area contributed by atoms with E-state index in [0.29, 0.717) is 5.41 Å². The number of amides is 1. The highest BCUT2D eigenvalue weighted by Gasteiger charge is 2.47. The third-order valence-corrected chi connectivity index (χ3v) is 5.86. The molecule has 0 radical (unpaired) electrons. The van der Waals surface area contributed by atoms with Crippen LogP contribution in [0.25, 0.3) is 0 Å². The van der Waals surface area contributed by atoms with Gasteiger partial charge >= 0.3 is 6.09 Å². The fourth-order valence-electron chi connectivity index (χ4n) is 4.48. The van der Waals surface area contributed by atoms with Crippen molar-refractivity contribution in [1.29, 1.82) is 0 Å². The second kappa shape index (κ2) is 6.62. The maximum absolute atomic E-state index is 12.1. The minimum Gasteiger partial charge on any atom is -0.444 e. The molecule has 0 aromatic rings. The Morgan fingerprint density at radius 1 is 1.09 bits per heavy atom. The largest absolute Gasteiger partial charge is 0.444 e. The number of nitrogens with zero attached hydrogens (tertiary/aromatic N) is 2. The molecule has 1 saturated carbocycles. The molecule has 0 atom stereocenters. The van der Waals surface area contributed by atoms with Gasteiger partial charge in [-0.2, -0.15) is 0 Å². The summed E-state index contributed by atoms with van der Waals surface area (Å²) in [6.07, 6.45) is 9.56. The van der Waals surface area contributed by atoms with Crippen molar-refractivity contribution in [1.82, 2.24) is 9.80 Å². The number of rotatable bonds is 2. The molecule has 0 bridgehead atoms. The molecule has 2 aliphatic heterocycles. The van der Waals surface area contributed by atoms with Crippen LogP contribution in [-0.4, -0.2) is 54.2 Å². The molecule has 23 heavy (non-hydrogen) atoms. The lowest BCUT2D eigenvalue weighted by Gasteiger charge is -2.54. The van der Waals surface area contributed by atoms with Crippen LogP contribution in [0.15, 0.2) is 0 Å². The SMILES string of the molecule is CC(C)(C)OC(=O)N1CC2(CCN(CC3CCCCC3)CC2)C1. The van der Waals surface area contributed by atoms with Crippen molar-refractivity contribution in [3.05, 3.63) is 0 Å². The molecule has 1 spiro atoms. The van der Waals surface area contributed by atoms with E-state index in [0.717, 1.165) is 19.0 Å². The Morgan fingerprint density at radius 3 is 2.26 bits per heavy atom. The zero-order valence-electron chi connectivity index (χ0n) is 15.3. The molecule has 1 aliphatic carbocycles. The third-order valence-electron chi connectivity index (χ3n) is 5.86. The lowest BCUT2D eigenvalue weighted by molar-refractivity contribution is -0.0608. The highest BCUT2D eigenvalue weighted by atomic mass is 16.6. The molecule has 132 valence electrons. The summed E-state index contributed by atoms with van der Waals surface area (Å²) in [5, 5.41) is 0. The summed E-state index contributed by atoms with van der Waals surface area (Å²) >= 11 is 0. The van der Waals surface area contributed by atoms with Crippen LogP contribution >= 0.6 is 0 Å². The van der Waals surface area contributed by atoms with Crippen molar-refractivity contribution < 1.29 is 9.53 Å². The Kier molecular flexibility index (Phi) is 4.91. The van der Waals surface area contributed by atoms with E-state index in [-0.39, 0.29) is 11.7 Å². The quantitative estimate of drug-likeness (QED) is 0.773. The first kappa shape index (κ1) is 17.1. The Labute approximate surface area is 141 Å². The Bertz CT molecular complexity index is 408. The summed E-state index contributed by atoms with van der Waals surface area (Å²) in [5.41, 5.74) is 0.00314. The zero-order valence-corrected chi connectivity index (χ0v) is 15.3. The molecule has 4 heteroatoms. The van der Waals surface area contributed by atoms with E-state index in [4.69, 9.17) is 4.74 Å². The van der Waals surface area contributed by atoms with Gasteiger partial charge in [0.1, 0.15) is 5.60 Å². The fraction of sp³-hybridized carbons (Fsp3) is 0.947. The zero-order chi connectivity index (χ0) is 16.5. The first-order valence-corrected chi connectivity index (χ1v) is 9.56. The molecule has 0 unspecified atom stereocenters. The van der Waals surface area contributed by atoms with Crippen LogP contribution < -0.4 is 0 Å². The number of piperidine rings is 1. The van der Waals surface area contributed by atoms with E-state index < -0.39 is 0 Å². The minimum absolute atomic E-state index is 0.132. The summed E-state index contributed by atoms with van der Waals surface area (Å²) in [7, 11) is 0. The second-order valence-electron chi connectivity index (χ2n) is 9.14. The highest BCUT2D eigenvalue weighted by molar-refractivity contribution is 5.69. The van der Waals surface area contributed by atoms with Crippen molar-refractivity contribution in [2.24, 2.45) is 11.3 Å². The highest BCUT2D eigenvalue weighted by Crippen LogP contribution is 2.41. The Balaban J connectivity index is 1.39. The predicted molar refractivity (Wildman–Crippen MR) is 92.5 cm³/mol. The molecule has 0 N–H and O–H groups in total. The van der Waals surface area contributed by atoms with Crippen molar-refractivity contribution in [2.75, 3.05) is 32.7 Å². The van der Waals surface area contributed by atoms with Gasteiger partial charge in [-0.05, 0) is 65.5 Å². The topological polar surface area (TPSA) is 32.8 Å². The van der Waals surface area contributed by atoms with Crippen molar-refractivity contribution in [2.45, 2.75) is 71.3 Å². The average molecular weight is 322 g/mol. The maximum atomic E-state index is 12.1. The van der Waals surface area contributed by atoms with Crippen LogP contribution in [0.3, 0.4) is 0 Å². The fourth-order valence-corrected chi connectivity index (χ4v) is 4.48. The van der Waals surface area contributed by atoms with Gasteiger partial charge in [-0.3, -0.25) is 0 Å². The van der Waals surface area contributed by atoms with E-state index in [1.54, 1.807) is 0 Å². The van der Waals surface area contributed by atoms with Gasteiger partial charge in [0, 0.05) is 25.0 Å². The monoisotopic (exact) mass is 322 g/mol. The van der Waals surface area contributed by atoms with Gasteiger partial charge in [0.15, 0.2) is 0 Å². The first-order valence-electron chi connectivity index (χ1n) is 9.56. The summed E-state index contributed by atoms with van der Waals surface area (Å²) < 4.78 is 5.47. The molecule has 0 aromatic heterocycles. The molecule has 3 aliphatic rings. The number of hydrogen-bond acceptors (Lipinski definition) is 3. The van der Waals surface area contributed by atoms with Crippen LogP contribution in [0.2, 0.25) is 0 Å². The van der Waals surface area contributed by atoms with Gasteiger partial charge in [0.05, 0.1) is 0 Å². The van der Waals surface area contributed by atoms with Gasteiger partial charge in [-0.15, -0.1) is 0 Å². The molecule has 0 aromatic carbocycles. The van der Waals surface area contributed by atoms with Crippen LogP contribution in [0.1, 0.15) is 65.7 Å². The Hall–Kier alpha value is -0.770. The normalized spacial score (nSPS) is 26.1. The number of ether oxygens (including phenoxy) is 1. The van der Waals surface area contributed by atoms with E-state index >= 15 is 0 Å². The number of carbonyl (C=O) groups excluding carboxylic acids is 1. The van der Waals surface area contributed by atoms with E-state index in [1.807, 2.05) is 25.7 Å². The average Bonchev–Trinajstić information content (AvgIpc) is 2.45. The summed E-state index contributed by atoms with van der Waals surface area (Å²) in [4.78, 5) is 16.7. The van der Waals surface area contributed by atoms with E-state index in [9.17, 15) is 4.79 Å². The molecular formula is C19H34N2O2. The number of hydrogen-bond donors (Lipinski definition) is 0. The van der Waals surface area contributed by atoms with Crippen LogP contribution in [0, 0.1) is 11.3 Å². The van der Waals surface area contributed by atoms with Crippen LogP contribution in [-0.2, 0) is 4.74 Å². The van der Waals surface area contributed by atoms with Crippen molar-refractivity contribution in [3.8, 4) is 0 Å². The maximum Gasteiger partial charge on any atom is 0.410 e. The molecule has 3 fully saturated rings. The van der Waals surface area contributed by atoms with Gasteiger partial charge < -0.3 is 14.5 Å². The summed E-state index contributed by atoms with van der Waals surface area (Å²) in [6, 6.07) is 0. The molecule has 3 rings (SSSR count). The van der Waals surface area contributed by atoms with Gasteiger partial charge in [0.25, 0.3) is 0 Å². The van der Waals surface area contributed by atoms with E-state index in [1.165, 1.54) is 64.6 Å². The lowest BCUT2D eigenvalue weighted by atomic mass is 9.72. The molecular weight excluding hydrogens is 288 g/mol. The Morgan fingerprint density at radius 2 is 1.70 bits per heavy atom. The minimum atomic E-state index is -0.386. The van der Waals surface area contributed by atoms with Crippen LogP contribution in [0.5, 0.6) is 0 Å². The molecule has 2 saturated heterocycles. The standard InChI is InChI=1S/C19H34N2O2/c1-18(2,3)23-17(22)21-14-19(15-21)9-11-20(12-10-19)13-16-7-5-4-6-8-16/h16H,4-15H2,1-3H3. The first-order chi connectivity index (χ1) is 10.9. The van der Waals surface area contributed by atoms with E-state index in [2.05, 4.69) is 4.90 Å². The summed E-state index contributed by atoms with van der Waals surface area (Å²) in [6.45, 7) is 11.4. The van der Waals surface area contributed by atoms with Crippen LogP contribution in [0.4, 0.5) is 4.79 Å². The second-order valence-corrected chi connectivity index (χ2v) is 9.14. The molecule has 1 amide bonds. The van der Waals surface area contributed by atoms with Gasteiger partial charge in [0.2, 0.25) is 0 Å². The summed E-state index contributed by atoms with van der Waals surface area (Å²) in [5.74, 6) is 0.942. The van der Waals surface area contributed by atoms with Gasteiger partial charge in [-0.1, -0.05) is 19.3 Å². The molecule has 2 heterocycles. The van der Waals surface area contributed by atoms with Gasteiger partial charge in [-0.25, -0.2) is 4.79 Å². The number of carbonyl (C=O) groups is 1. The van der Waals surface area contributed by atoms with Crippen molar-refractivity contribution >= 4 is 6.09 Å². The number of likely N-dealkylation sites (tertiary alicyclic amines) is 2. The smallest absolute Gasteiger partial charge is 0.410 e. The predicted octanol–water partition coefficient (Wildman–Crippen LogP) is 3.90. The lowest BCUT2D eigenvalue weighted by Crippen LogP contribution is -2.62. The van der Waals surface area contributed by atoms with Crippen molar-refractivity contribution in [3.63, 3.8) is 0 Å². The third kappa shape index (κ3) is 4.40. The molecule has 4 nitrogen and oxygen atoms in total.